The molecule has 1 aromatic carbocycles. The SMILES string of the molecule is CC(=O)Nc1ccc(-n2cc(C#N)c(C)n2)cc1. The Labute approximate surface area is 105 Å². The van der Waals surface area contributed by atoms with Gasteiger partial charge in [0.1, 0.15) is 6.07 Å². The summed E-state index contributed by atoms with van der Waals surface area (Å²) < 4.78 is 1.64. The Bertz CT molecular complexity index is 619. The lowest BCUT2D eigenvalue weighted by Gasteiger charge is -2.04. The molecule has 1 N–H and O–H groups in total. The fourth-order valence-corrected chi connectivity index (χ4v) is 1.60. The van der Waals surface area contributed by atoms with E-state index in [9.17, 15) is 4.79 Å². The lowest BCUT2D eigenvalue weighted by atomic mass is 10.2. The topological polar surface area (TPSA) is 70.7 Å². The molecule has 90 valence electrons. The number of aryl methyl sites for hydroxylation is 1. The molecule has 0 unspecified atom stereocenters. The van der Waals surface area contributed by atoms with Crippen molar-refractivity contribution in [3.05, 3.63) is 41.7 Å². The molecule has 0 aliphatic heterocycles. The van der Waals surface area contributed by atoms with Crippen molar-refractivity contribution in [1.29, 1.82) is 5.26 Å². The average Bonchev–Trinajstić information content (AvgIpc) is 2.71. The molecule has 1 heterocycles. The van der Waals surface area contributed by atoms with Crippen LogP contribution in [0.1, 0.15) is 18.2 Å². The van der Waals surface area contributed by atoms with Gasteiger partial charge in [0, 0.05) is 18.8 Å². The van der Waals surface area contributed by atoms with Crippen LogP contribution in [0.15, 0.2) is 30.5 Å². The molecule has 0 aliphatic carbocycles. The summed E-state index contributed by atoms with van der Waals surface area (Å²) in [6.07, 6.45) is 1.68. The molecule has 0 radical (unpaired) electrons. The van der Waals surface area contributed by atoms with Crippen LogP contribution in [0.4, 0.5) is 5.69 Å². The van der Waals surface area contributed by atoms with Crippen molar-refractivity contribution in [2.75, 3.05) is 5.32 Å². The fourth-order valence-electron chi connectivity index (χ4n) is 1.60. The van der Waals surface area contributed by atoms with E-state index in [0.29, 0.717) is 11.3 Å². The van der Waals surface area contributed by atoms with Crippen molar-refractivity contribution in [2.24, 2.45) is 0 Å². The molecule has 0 bridgehead atoms. The van der Waals surface area contributed by atoms with Crippen molar-refractivity contribution < 1.29 is 4.79 Å². The van der Waals surface area contributed by atoms with Crippen molar-refractivity contribution in [3.8, 4) is 11.8 Å². The van der Waals surface area contributed by atoms with E-state index in [2.05, 4.69) is 16.5 Å². The molecular weight excluding hydrogens is 228 g/mol. The molecule has 0 fully saturated rings. The zero-order valence-corrected chi connectivity index (χ0v) is 10.1. The van der Waals surface area contributed by atoms with Gasteiger partial charge in [-0.25, -0.2) is 4.68 Å². The van der Waals surface area contributed by atoms with Crippen molar-refractivity contribution in [2.45, 2.75) is 13.8 Å². The largest absolute Gasteiger partial charge is 0.326 e. The first-order valence-electron chi connectivity index (χ1n) is 5.44. The first-order chi connectivity index (χ1) is 8.60. The third-order valence-electron chi connectivity index (χ3n) is 2.47. The van der Waals surface area contributed by atoms with Gasteiger partial charge in [-0.15, -0.1) is 0 Å². The summed E-state index contributed by atoms with van der Waals surface area (Å²) in [5, 5.41) is 15.8. The van der Waals surface area contributed by atoms with Crippen molar-refractivity contribution in [3.63, 3.8) is 0 Å². The highest BCUT2D eigenvalue weighted by molar-refractivity contribution is 5.88. The van der Waals surface area contributed by atoms with Gasteiger partial charge in [0.15, 0.2) is 0 Å². The first-order valence-corrected chi connectivity index (χ1v) is 5.44. The number of amides is 1. The zero-order valence-electron chi connectivity index (χ0n) is 10.1. The number of carbonyl (C=O) groups is 1. The van der Waals surface area contributed by atoms with Crippen molar-refractivity contribution >= 4 is 11.6 Å². The van der Waals surface area contributed by atoms with Crippen LogP contribution in [0.3, 0.4) is 0 Å². The predicted octanol–water partition coefficient (Wildman–Crippen LogP) is 2.01. The lowest BCUT2D eigenvalue weighted by Crippen LogP contribution is -2.05. The summed E-state index contributed by atoms with van der Waals surface area (Å²) in [7, 11) is 0. The van der Waals surface area contributed by atoms with Crippen LogP contribution >= 0.6 is 0 Å². The number of benzene rings is 1. The molecular formula is C13H12N4O. The van der Waals surface area contributed by atoms with Gasteiger partial charge >= 0.3 is 0 Å². The molecule has 0 spiro atoms. The van der Waals surface area contributed by atoms with Crippen LogP contribution < -0.4 is 5.32 Å². The minimum absolute atomic E-state index is 0.107. The molecule has 0 saturated carbocycles. The summed E-state index contributed by atoms with van der Waals surface area (Å²) in [5.74, 6) is -0.107. The van der Waals surface area contributed by atoms with Gasteiger partial charge in [-0.05, 0) is 31.2 Å². The highest BCUT2D eigenvalue weighted by Crippen LogP contribution is 2.14. The molecule has 2 rings (SSSR count). The Morgan fingerprint density at radius 3 is 2.56 bits per heavy atom. The monoisotopic (exact) mass is 240 g/mol. The predicted molar refractivity (Wildman–Crippen MR) is 67.3 cm³/mol. The van der Waals surface area contributed by atoms with Crippen LogP contribution in [-0.4, -0.2) is 15.7 Å². The maximum absolute atomic E-state index is 10.9. The molecule has 0 aliphatic rings. The molecule has 2 aromatic rings. The first kappa shape index (κ1) is 11.9. The number of nitrogens with zero attached hydrogens (tertiary/aromatic N) is 3. The number of hydrogen-bond donors (Lipinski definition) is 1. The molecule has 0 atom stereocenters. The van der Waals surface area contributed by atoms with Gasteiger partial charge in [-0.2, -0.15) is 10.4 Å². The van der Waals surface area contributed by atoms with Crippen LogP contribution in [0.5, 0.6) is 0 Å². The molecule has 5 nitrogen and oxygen atoms in total. The number of nitrogens with one attached hydrogen (secondary N) is 1. The summed E-state index contributed by atoms with van der Waals surface area (Å²) in [6, 6.07) is 9.33. The van der Waals surface area contributed by atoms with E-state index < -0.39 is 0 Å². The molecule has 18 heavy (non-hydrogen) atoms. The summed E-state index contributed by atoms with van der Waals surface area (Å²) in [5.41, 5.74) is 2.83. The average molecular weight is 240 g/mol. The van der Waals surface area contributed by atoms with Gasteiger partial charge in [0.05, 0.1) is 16.9 Å². The number of carbonyl (C=O) groups excluding carboxylic acids is 1. The molecule has 1 aromatic heterocycles. The van der Waals surface area contributed by atoms with Gasteiger partial charge in [-0.3, -0.25) is 4.79 Å². The van der Waals surface area contributed by atoms with Gasteiger partial charge in [0.25, 0.3) is 0 Å². The molecule has 1 amide bonds. The standard InChI is InChI=1S/C13H12N4O/c1-9-11(7-14)8-17(16-9)13-5-3-12(4-6-13)15-10(2)18/h3-6,8H,1-2H3,(H,15,18). The minimum atomic E-state index is -0.107. The number of hydrogen-bond acceptors (Lipinski definition) is 3. The Kier molecular flexibility index (Phi) is 3.11. The highest BCUT2D eigenvalue weighted by Gasteiger charge is 2.05. The quantitative estimate of drug-likeness (QED) is 0.872. The van der Waals surface area contributed by atoms with Crippen LogP contribution in [-0.2, 0) is 4.79 Å². The third kappa shape index (κ3) is 2.38. The van der Waals surface area contributed by atoms with E-state index in [1.165, 1.54) is 6.92 Å². The van der Waals surface area contributed by atoms with E-state index in [1.54, 1.807) is 29.9 Å². The number of anilines is 1. The van der Waals surface area contributed by atoms with E-state index in [0.717, 1.165) is 11.4 Å². The van der Waals surface area contributed by atoms with E-state index in [1.807, 2.05) is 12.1 Å². The number of aromatic nitrogens is 2. The second kappa shape index (κ2) is 4.72. The maximum atomic E-state index is 10.9. The Morgan fingerprint density at radius 1 is 1.39 bits per heavy atom. The fraction of sp³-hybridized carbons (Fsp3) is 0.154. The maximum Gasteiger partial charge on any atom is 0.221 e. The summed E-state index contributed by atoms with van der Waals surface area (Å²) >= 11 is 0. The van der Waals surface area contributed by atoms with E-state index >= 15 is 0 Å². The third-order valence-corrected chi connectivity index (χ3v) is 2.47. The molecule has 5 heteroatoms. The molecule has 0 saturated heterocycles. The zero-order chi connectivity index (χ0) is 13.1. The summed E-state index contributed by atoms with van der Waals surface area (Å²) in [6.45, 7) is 3.25. The van der Waals surface area contributed by atoms with E-state index in [4.69, 9.17) is 5.26 Å². The Balaban J connectivity index is 2.29. The second-order valence-electron chi connectivity index (χ2n) is 3.91. The Hall–Kier alpha value is -2.61. The van der Waals surface area contributed by atoms with Crippen molar-refractivity contribution in [1.82, 2.24) is 9.78 Å². The lowest BCUT2D eigenvalue weighted by molar-refractivity contribution is -0.114. The van der Waals surface area contributed by atoms with Gasteiger partial charge in [-0.1, -0.05) is 0 Å². The number of rotatable bonds is 2. The smallest absolute Gasteiger partial charge is 0.221 e. The normalized spacial score (nSPS) is 9.83. The summed E-state index contributed by atoms with van der Waals surface area (Å²) in [4.78, 5) is 10.9. The highest BCUT2D eigenvalue weighted by atomic mass is 16.1. The van der Waals surface area contributed by atoms with Gasteiger partial charge < -0.3 is 5.32 Å². The van der Waals surface area contributed by atoms with Crippen LogP contribution in [0.25, 0.3) is 5.69 Å². The van der Waals surface area contributed by atoms with Gasteiger partial charge in [0.2, 0.25) is 5.91 Å². The number of nitriles is 1. The van der Waals surface area contributed by atoms with E-state index in [-0.39, 0.29) is 5.91 Å². The minimum Gasteiger partial charge on any atom is -0.326 e. The van der Waals surface area contributed by atoms with Crippen LogP contribution in [0, 0.1) is 18.3 Å². The second-order valence-corrected chi connectivity index (χ2v) is 3.91. The van der Waals surface area contributed by atoms with Crippen LogP contribution in [0.2, 0.25) is 0 Å². The Morgan fingerprint density at radius 2 is 2.06 bits per heavy atom.